The lowest BCUT2D eigenvalue weighted by Crippen LogP contribution is -2.51. The maximum absolute atomic E-state index is 12.5. The topological polar surface area (TPSA) is 18.5 Å². The van der Waals surface area contributed by atoms with Crippen LogP contribution in [0.5, 0.6) is 0 Å². The van der Waals surface area contributed by atoms with Gasteiger partial charge in [0.25, 0.3) is 0 Å². The molecule has 1 aromatic carbocycles. The molecule has 1 heterocycles. The fraction of sp³-hybridized carbons (Fsp3) is 0.571. The summed E-state index contributed by atoms with van der Waals surface area (Å²) >= 11 is 0. The highest BCUT2D eigenvalue weighted by Gasteiger charge is 2.30. The van der Waals surface area contributed by atoms with Gasteiger partial charge in [0.15, 0.2) is 0 Å². The zero-order valence-corrected chi connectivity index (χ0v) is 11.7. The van der Waals surface area contributed by atoms with Gasteiger partial charge in [-0.25, -0.2) is 10.4 Å². The summed E-state index contributed by atoms with van der Waals surface area (Å²) in [6.45, 7) is 5.78. The van der Waals surface area contributed by atoms with E-state index in [0.29, 0.717) is 0 Å². The van der Waals surface area contributed by atoms with E-state index in [2.05, 4.69) is 22.4 Å². The molecule has 2 rings (SSSR count). The molecule has 3 nitrogen and oxygen atoms in total. The molecule has 1 aliphatic rings. The van der Waals surface area contributed by atoms with E-state index in [9.17, 15) is 13.2 Å². The van der Waals surface area contributed by atoms with Crippen molar-refractivity contribution in [2.75, 3.05) is 33.2 Å². The number of hydrazine groups is 1. The Morgan fingerprint density at radius 3 is 2.10 bits per heavy atom. The van der Waals surface area contributed by atoms with E-state index in [1.165, 1.54) is 12.1 Å². The first-order chi connectivity index (χ1) is 9.36. The highest BCUT2D eigenvalue weighted by molar-refractivity contribution is 5.26. The van der Waals surface area contributed by atoms with Crippen LogP contribution >= 0.6 is 0 Å². The molecular formula is C14H20F3N3. The maximum Gasteiger partial charge on any atom is 0.416 e. The molecule has 1 aromatic rings. The first kappa shape index (κ1) is 15.3. The Balaban J connectivity index is 1.94. The van der Waals surface area contributed by atoms with Crippen LogP contribution in [-0.4, -0.2) is 43.1 Å². The number of alkyl halides is 3. The van der Waals surface area contributed by atoms with Crippen LogP contribution < -0.4 is 5.43 Å². The van der Waals surface area contributed by atoms with Crippen molar-refractivity contribution in [1.82, 2.24) is 15.3 Å². The Labute approximate surface area is 117 Å². The lowest BCUT2D eigenvalue weighted by Gasteiger charge is -2.34. The molecule has 0 aromatic heterocycles. The van der Waals surface area contributed by atoms with E-state index in [1.807, 2.05) is 6.92 Å². The Morgan fingerprint density at radius 1 is 1.05 bits per heavy atom. The Morgan fingerprint density at radius 2 is 1.60 bits per heavy atom. The van der Waals surface area contributed by atoms with Crippen molar-refractivity contribution in [3.8, 4) is 0 Å². The smallest absolute Gasteiger partial charge is 0.304 e. The molecule has 1 atom stereocenters. The average molecular weight is 287 g/mol. The quantitative estimate of drug-likeness (QED) is 0.921. The number of benzene rings is 1. The Kier molecular flexibility index (Phi) is 4.67. The zero-order valence-electron chi connectivity index (χ0n) is 11.7. The van der Waals surface area contributed by atoms with Gasteiger partial charge in [0.05, 0.1) is 5.56 Å². The summed E-state index contributed by atoms with van der Waals surface area (Å²) in [5, 5.41) is 2.13. The van der Waals surface area contributed by atoms with Crippen molar-refractivity contribution in [2.24, 2.45) is 0 Å². The Bertz CT molecular complexity index is 422. The van der Waals surface area contributed by atoms with Crippen LogP contribution in [0.1, 0.15) is 24.1 Å². The lowest BCUT2D eigenvalue weighted by molar-refractivity contribution is -0.137. The minimum absolute atomic E-state index is 0.000639. The van der Waals surface area contributed by atoms with Gasteiger partial charge in [-0.05, 0) is 31.7 Å². The normalized spacial score (nSPS) is 20.1. The van der Waals surface area contributed by atoms with Gasteiger partial charge < -0.3 is 4.90 Å². The molecule has 20 heavy (non-hydrogen) atoms. The van der Waals surface area contributed by atoms with E-state index in [0.717, 1.165) is 43.9 Å². The lowest BCUT2D eigenvalue weighted by atomic mass is 10.1. The molecule has 112 valence electrons. The predicted molar refractivity (Wildman–Crippen MR) is 72.1 cm³/mol. The summed E-state index contributed by atoms with van der Waals surface area (Å²) < 4.78 is 37.5. The highest BCUT2D eigenvalue weighted by Crippen LogP contribution is 2.29. The molecule has 1 N–H and O–H groups in total. The third kappa shape index (κ3) is 3.94. The number of nitrogens with zero attached hydrogens (tertiary/aromatic N) is 2. The van der Waals surface area contributed by atoms with E-state index >= 15 is 0 Å². The monoisotopic (exact) mass is 287 g/mol. The maximum atomic E-state index is 12.5. The first-order valence-electron chi connectivity index (χ1n) is 6.73. The van der Waals surface area contributed by atoms with Crippen LogP contribution in [0.25, 0.3) is 0 Å². The number of halogens is 3. The van der Waals surface area contributed by atoms with E-state index < -0.39 is 11.7 Å². The molecule has 6 heteroatoms. The standard InChI is InChI=1S/C14H20F3N3/c1-11(18-20-9-7-19(2)8-10-20)12-3-5-13(6-4-12)14(15,16)17/h3-6,11,18H,7-10H2,1-2H3. The van der Waals surface area contributed by atoms with Gasteiger partial charge in [-0.15, -0.1) is 0 Å². The fourth-order valence-corrected chi connectivity index (χ4v) is 2.24. The third-order valence-electron chi connectivity index (χ3n) is 3.62. The van der Waals surface area contributed by atoms with Crippen LogP contribution in [-0.2, 0) is 6.18 Å². The van der Waals surface area contributed by atoms with Gasteiger partial charge in [-0.1, -0.05) is 12.1 Å². The summed E-state index contributed by atoms with van der Waals surface area (Å²) in [7, 11) is 2.08. The summed E-state index contributed by atoms with van der Waals surface area (Å²) in [4.78, 5) is 2.25. The Hall–Kier alpha value is -1.11. The predicted octanol–water partition coefficient (Wildman–Crippen LogP) is 2.52. The van der Waals surface area contributed by atoms with Crippen LogP contribution in [0.4, 0.5) is 13.2 Å². The second-order valence-corrected chi connectivity index (χ2v) is 5.26. The number of hydrogen-bond acceptors (Lipinski definition) is 3. The first-order valence-corrected chi connectivity index (χ1v) is 6.73. The van der Waals surface area contributed by atoms with Gasteiger partial charge in [-0.3, -0.25) is 0 Å². The minimum Gasteiger partial charge on any atom is -0.304 e. The van der Waals surface area contributed by atoms with Gasteiger partial charge in [-0.2, -0.15) is 13.2 Å². The molecule has 1 aliphatic heterocycles. The number of rotatable bonds is 3. The highest BCUT2D eigenvalue weighted by atomic mass is 19.4. The molecule has 0 aliphatic carbocycles. The minimum atomic E-state index is -4.27. The molecule has 1 unspecified atom stereocenters. The van der Waals surface area contributed by atoms with Crippen molar-refractivity contribution in [3.63, 3.8) is 0 Å². The van der Waals surface area contributed by atoms with Crippen molar-refractivity contribution >= 4 is 0 Å². The summed E-state index contributed by atoms with van der Waals surface area (Å²) in [5.74, 6) is 0. The molecule has 0 radical (unpaired) electrons. The zero-order chi connectivity index (χ0) is 14.8. The largest absolute Gasteiger partial charge is 0.416 e. The number of nitrogens with one attached hydrogen (secondary N) is 1. The molecule has 1 saturated heterocycles. The van der Waals surface area contributed by atoms with E-state index in [-0.39, 0.29) is 6.04 Å². The molecule has 1 fully saturated rings. The average Bonchev–Trinajstić information content (AvgIpc) is 2.40. The number of hydrogen-bond donors (Lipinski definition) is 1. The second-order valence-electron chi connectivity index (χ2n) is 5.26. The molecule has 0 spiro atoms. The van der Waals surface area contributed by atoms with E-state index in [1.54, 1.807) is 0 Å². The molecule has 0 bridgehead atoms. The molecule has 0 amide bonds. The van der Waals surface area contributed by atoms with E-state index in [4.69, 9.17) is 0 Å². The van der Waals surface area contributed by atoms with Crippen molar-refractivity contribution < 1.29 is 13.2 Å². The molecule has 0 saturated carbocycles. The second kappa shape index (κ2) is 6.11. The summed E-state index contributed by atoms with van der Waals surface area (Å²) in [5.41, 5.74) is 3.59. The van der Waals surface area contributed by atoms with Gasteiger partial charge >= 0.3 is 6.18 Å². The van der Waals surface area contributed by atoms with Gasteiger partial charge in [0, 0.05) is 32.2 Å². The van der Waals surface area contributed by atoms with Crippen LogP contribution in [0.3, 0.4) is 0 Å². The van der Waals surface area contributed by atoms with Crippen LogP contribution in [0, 0.1) is 0 Å². The number of piperazine rings is 1. The van der Waals surface area contributed by atoms with Gasteiger partial charge in [0.1, 0.15) is 0 Å². The third-order valence-corrected chi connectivity index (χ3v) is 3.62. The van der Waals surface area contributed by atoms with Crippen LogP contribution in [0.2, 0.25) is 0 Å². The molecular weight excluding hydrogens is 267 g/mol. The number of likely N-dealkylation sites (N-methyl/N-ethyl adjacent to an activating group) is 1. The van der Waals surface area contributed by atoms with Crippen molar-refractivity contribution in [2.45, 2.75) is 19.1 Å². The fourth-order valence-electron chi connectivity index (χ4n) is 2.24. The summed E-state index contributed by atoms with van der Waals surface area (Å²) in [6.07, 6.45) is -4.27. The van der Waals surface area contributed by atoms with Crippen molar-refractivity contribution in [1.29, 1.82) is 0 Å². The van der Waals surface area contributed by atoms with Crippen molar-refractivity contribution in [3.05, 3.63) is 35.4 Å². The SMILES string of the molecule is CC(NN1CCN(C)CC1)c1ccc(C(F)(F)F)cc1. The van der Waals surface area contributed by atoms with Crippen LogP contribution in [0.15, 0.2) is 24.3 Å². The van der Waals surface area contributed by atoms with Gasteiger partial charge in [0.2, 0.25) is 0 Å². The summed E-state index contributed by atoms with van der Waals surface area (Å²) in [6, 6.07) is 5.35.